The number of methoxy groups -OCH3 is 1. The van der Waals surface area contributed by atoms with E-state index in [9.17, 15) is 4.79 Å². The number of rotatable bonds is 3. The minimum atomic E-state index is -0.249. The molecule has 1 atom stereocenters. The maximum Gasteiger partial charge on any atom is 0.230 e. The third-order valence-corrected chi connectivity index (χ3v) is 6.06. The number of fused-ring (bicyclic) bond motifs is 1. The van der Waals surface area contributed by atoms with E-state index in [0.717, 1.165) is 67.9 Å². The molecule has 2 aliphatic rings. The number of carbonyl (C=O) groups is 1. The quantitative estimate of drug-likeness (QED) is 0.803. The van der Waals surface area contributed by atoms with E-state index in [-0.39, 0.29) is 10.8 Å². The maximum atomic E-state index is 13.4. The molecule has 3 heterocycles. The van der Waals surface area contributed by atoms with Gasteiger partial charge in [0.15, 0.2) is 0 Å². The summed E-state index contributed by atoms with van der Waals surface area (Å²) in [5, 5.41) is 1.07. The molecule has 0 radical (unpaired) electrons. The molecule has 5 nitrogen and oxygen atoms in total. The van der Waals surface area contributed by atoms with Crippen LogP contribution in [0.5, 0.6) is 5.75 Å². The molecule has 2 aromatic rings. The number of ether oxygens (including phenoxy) is 1. The molecule has 1 aromatic carbocycles. The number of pyridine rings is 1. The number of benzene rings is 1. The van der Waals surface area contributed by atoms with Gasteiger partial charge in [-0.15, -0.1) is 0 Å². The van der Waals surface area contributed by atoms with Crippen LogP contribution in [0.4, 0.5) is 5.82 Å². The van der Waals surface area contributed by atoms with Crippen LogP contribution < -0.4 is 9.64 Å². The van der Waals surface area contributed by atoms with Gasteiger partial charge in [0, 0.05) is 31.6 Å². The number of hydrogen-bond acceptors (Lipinski definition) is 4. The number of likely N-dealkylation sites (tertiary alicyclic amines) is 1. The highest BCUT2D eigenvalue weighted by atomic mass is 16.5. The summed E-state index contributed by atoms with van der Waals surface area (Å²) < 4.78 is 5.49. The van der Waals surface area contributed by atoms with Crippen LogP contribution in [0.2, 0.25) is 0 Å². The van der Waals surface area contributed by atoms with Crippen LogP contribution in [0.25, 0.3) is 10.9 Å². The zero-order valence-corrected chi connectivity index (χ0v) is 17.5. The molecular formula is C23H31N3O2. The van der Waals surface area contributed by atoms with E-state index >= 15 is 0 Å². The van der Waals surface area contributed by atoms with E-state index in [4.69, 9.17) is 9.72 Å². The normalized spacial score (nSPS) is 23.1. The topological polar surface area (TPSA) is 45.7 Å². The zero-order valence-electron chi connectivity index (χ0n) is 17.5. The fraction of sp³-hybridized carbons (Fsp3) is 0.565. The molecule has 1 unspecified atom stereocenters. The van der Waals surface area contributed by atoms with E-state index in [1.165, 1.54) is 0 Å². The van der Waals surface area contributed by atoms with Crippen LogP contribution in [0.1, 0.15) is 40.0 Å². The van der Waals surface area contributed by atoms with Gasteiger partial charge in [-0.3, -0.25) is 4.79 Å². The Bertz CT molecular complexity index is 889. The fourth-order valence-corrected chi connectivity index (χ4v) is 4.77. The lowest BCUT2D eigenvalue weighted by molar-refractivity contribution is -0.146. The van der Waals surface area contributed by atoms with Gasteiger partial charge in [0.25, 0.3) is 0 Å². The van der Waals surface area contributed by atoms with Crippen LogP contribution in [-0.4, -0.2) is 49.1 Å². The molecule has 0 aliphatic carbocycles. The lowest BCUT2D eigenvalue weighted by Gasteiger charge is -2.41. The molecule has 2 saturated heterocycles. The second-order valence-electron chi connectivity index (χ2n) is 9.54. The van der Waals surface area contributed by atoms with Crippen molar-refractivity contribution >= 4 is 22.6 Å². The van der Waals surface area contributed by atoms with Crippen LogP contribution in [0.3, 0.4) is 0 Å². The standard InChI is InChI=1S/C23H31N3O2/c1-22(2,3)15-26-13-6-11-23(21(26)27)12-14-25(16-23)19-10-9-17-7-5-8-18(28-4)20(17)24-19/h5,7-10H,6,11-16H2,1-4H3. The van der Waals surface area contributed by atoms with Gasteiger partial charge in [-0.1, -0.05) is 32.9 Å². The van der Waals surface area contributed by atoms with Crippen LogP contribution >= 0.6 is 0 Å². The van der Waals surface area contributed by atoms with Crippen molar-refractivity contribution in [2.24, 2.45) is 10.8 Å². The smallest absolute Gasteiger partial charge is 0.230 e. The first-order chi connectivity index (χ1) is 13.3. The Kier molecular flexibility index (Phi) is 4.72. The predicted octanol–water partition coefficient (Wildman–Crippen LogP) is 4.11. The fourth-order valence-electron chi connectivity index (χ4n) is 4.77. The van der Waals surface area contributed by atoms with Crippen molar-refractivity contribution in [3.05, 3.63) is 30.3 Å². The summed E-state index contributed by atoms with van der Waals surface area (Å²) in [5.41, 5.74) is 0.761. The van der Waals surface area contributed by atoms with Crippen molar-refractivity contribution < 1.29 is 9.53 Å². The van der Waals surface area contributed by atoms with Crippen molar-refractivity contribution in [1.29, 1.82) is 0 Å². The Labute approximate surface area is 167 Å². The number of amides is 1. The number of hydrogen-bond donors (Lipinski definition) is 0. The molecule has 2 aliphatic heterocycles. The first kappa shape index (κ1) is 19.0. The van der Waals surface area contributed by atoms with Crippen molar-refractivity contribution in [1.82, 2.24) is 9.88 Å². The van der Waals surface area contributed by atoms with Crippen molar-refractivity contribution in [3.8, 4) is 5.75 Å². The molecule has 5 heteroatoms. The van der Waals surface area contributed by atoms with E-state index < -0.39 is 0 Å². The van der Waals surface area contributed by atoms with Crippen molar-refractivity contribution in [2.75, 3.05) is 38.2 Å². The van der Waals surface area contributed by atoms with Gasteiger partial charge >= 0.3 is 0 Å². The molecule has 0 N–H and O–H groups in total. The molecule has 150 valence electrons. The van der Waals surface area contributed by atoms with E-state index in [1.54, 1.807) is 7.11 Å². The van der Waals surface area contributed by atoms with Gasteiger partial charge in [0.05, 0.1) is 12.5 Å². The first-order valence-corrected chi connectivity index (χ1v) is 10.3. The zero-order chi connectivity index (χ0) is 19.9. The second-order valence-corrected chi connectivity index (χ2v) is 9.54. The number of nitrogens with zero attached hydrogens (tertiary/aromatic N) is 3. The summed E-state index contributed by atoms with van der Waals surface area (Å²) >= 11 is 0. The molecule has 0 bridgehead atoms. The Morgan fingerprint density at radius 1 is 1.14 bits per heavy atom. The summed E-state index contributed by atoms with van der Waals surface area (Å²) in [6.07, 6.45) is 2.99. The van der Waals surface area contributed by atoms with Gasteiger partial charge < -0.3 is 14.5 Å². The average Bonchev–Trinajstić information content (AvgIpc) is 3.09. The summed E-state index contributed by atoms with van der Waals surface area (Å²) in [6.45, 7) is 9.98. The highest BCUT2D eigenvalue weighted by Crippen LogP contribution is 2.42. The second kappa shape index (κ2) is 6.94. The number of para-hydroxylation sites is 1. The van der Waals surface area contributed by atoms with Gasteiger partial charge in [-0.05, 0) is 42.9 Å². The summed E-state index contributed by atoms with van der Waals surface area (Å²) in [4.78, 5) is 22.6. The number of carbonyl (C=O) groups excluding carboxylic acids is 1. The molecular weight excluding hydrogens is 350 g/mol. The SMILES string of the molecule is COc1cccc2ccc(N3CCC4(CCCN(CC(C)(C)C)C4=O)C3)nc12. The van der Waals surface area contributed by atoms with E-state index in [0.29, 0.717) is 5.91 Å². The number of anilines is 1. The third kappa shape index (κ3) is 3.43. The Hall–Kier alpha value is -2.30. The van der Waals surface area contributed by atoms with Crippen molar-refractivity contribution in [2.45, 2.75) is 40.0 Å². The van der Waals surface area contributed by atoms with Crippen LogP contribution in [0.15, 0.2) is 30.3 Å². The van der Waals surface area contributed by atoms with Gasteiger partial charge in [-0.25, -0.2) is 4.98 Å². The van der Waals surface area contributed by atoms with E-state index in [1.807, 2.05) is 12.1 Å². The molecule has 1 spiro atoms. The van der Waals surface area contributed by atoms with Crippen molar-refractivity contribution in [3.63, 3.8) is 0 Å². The largest absolute Gasteiger partial charge is 0.494 e. The first-order valence-electron chi connectivity index (χ1n) is 10.3. The molecule has 0 saturated carbocycles. The summed E-state index contributed by atoms with van der Waals surface area (Å²) in [6, 6.07) is 10.1. The number of aromatic nitrogens is 1. The number of piperidine rings is 1. The highest BCUT2D eigenvalue weighted by Gasteiger charge is 2.49. The minimum absolute atomic E-state index is 0.128. The molecule has 2 fully saturated rings. The lowest BCUT2D eigenvalue weighted by atomic mass is 9.77. The summed E-state index contributed by atoms with van der Waals surface area (Å²) in [7, 11) is 1.68. The third-order valence-electron chi connectivity index (χ3n) is 6.06. The Morgan fingerprint density at radius 2 is 1.96 bits per heavy atom. The van der Waals surface area contributed by atoms with Gasteiger partial charge in [0.1, 0.15) is 17.1 Å². The van der Waals surface area contributed by atoms with Crippen LogP contribution in [0, 0.1) is 10.8 Å². The van der Waals surface area contributed by atoms with Crippen LogP contribution in [-0.2, 0) is 4.79 Å². The monoisotopic (exact) mass is 381 g/mol. The summed E-state index contributed by atoms with van der Waals surface area (Å²) in [5.74, 6) is 2.07. The minimum Gasteiger partial charge on any atom is -0.494 e. The predicted molar refractivity (Wildman–Crippen MR) is 113 cm³/mol. The maximum absolute atomic E-state index is 13.4. The molecule has 1 aromatic heterocycles. The van der Waals surface area contributed by atoms with Gasteiger partial charge in [-0.2, -0.15) is 0 Å². The molecule has 4 rings (SSSR count). The average molecular weight is 382 g/mol. The van der Waals surface area contributed by atoms with E-state index in [2.05, 4.69) is 48.8 Å². The molecule has 1 amide bonds. The Balaban J connectivity index is 1.58. The highest BCUT2D eigenvalue weighted by molar-refractivity contribution is 5.87. The van der Waals surface area contributed by atoms with Gasteiger partial charge in [0.2, 0.25) is 5.91 Å². The Morgan fingerprint density at radius 3 is 2.71 bits per heavy atom. The lowest BCUT2D eigenvalue weighted by Crippen LogP contribution is -2.52. The molecule has 28 heavy (non-hydrogen) atoms.